The van der Waals surface area contributed by atoms with Crippen molar-refractivity contribution in [1.29, 1.82) is 0 Å². The van der Waals surface area contributed by atoms with Crippen LogP contribution in [0, 0.1) is 11.6 Å². The Hall–Kier alpha value is -3.20. The van der Waals surface area contributed by atoms with Crippen molar-refractivity contribution in [2.75, 3.05) is 11.9 Å². The highest BCUT2D eigenvalue weighted by Crippen LogP contribution is 2.21. The van der Waals surface area contributed by atoms with Crippen LogP contribution in [0.2, 0.25) is 0 Å². The highest BCUT2D eigenvalue weighted by Gasteiger charge is 2.20. The highest BCUT2D eigenvalue weighted by molar-refractivity contribution is 5.93. The molecule has 0 fully saturated rings. The number of hydrogen-bond acceptors (Lipinski definition) is 6. The van der Waals surface area contributed by atoms with Crippen LogP contribution in [0.1, 0.15) is 43.2 Å². The van der Waals surface area contributed by atoms with Crippen LogP contribution in [-0.4, -0.2) is 37.6 Å². The number of nitrogens with one attached hydrogen (secondary N) is 1. The van der Waals surface area contributed by atoms with E-state index >= 15 is 0 Å². The van der Waals surface area contributed by atoms with Crippen LogP contribution in [-0.2, 0) is 6.54 Å². The molecule has 2 aromatic heterocycles. The second kappa shape index (κ2) is 8.66. The number of carbonyl (C=O) groups excluding carboxylic acids is 1. The number of benzene rings is 1. The van der Waals surface area contributed by atoms with E-state index in [0.717, 1.165) is 6.20 Å². The van der Waals surface area contributed by atoms with Gasteiger partial charge in [-0.15, -0.1) is 0 Å². The van der Waals surface area contributed by atoms with Gasteiger partial charge in [-0.1, -0.05) is 25.1 Å². The SMILES string of the molecule is CCC(C)(N)CNc1nc(-c2cc(C(C)=O)n(Cc3ccccc3F)n2)ncc1F. The first-order chi connectivity index (χ1) is 14.2. The fraction of sp³-hybridized carbons (Fsp3) is 0.333. The van der Waals surface area contributed by atoms with Crippen LogP contribution in [0.15, 0.2) is 36.5 Å². The number of aromatic nitrogens is 4. The standard InChI is InChI=1S/C21H24F2N6O/c1-4-21(3,24)12-26-19-16(23)10-25-20(27-19)17-9-18(13(2)30)29(28-17)11-14-7-5-6-8-15(14)22/h5-10H,4,11-12,24H2,1-3H3,(H,25,26,27). The molecule has 2 heterocycles. The van der Waals surface area contributed by atoms with Crippen LogP contribution < -0.4 is 11.1 Å². The van der Waals surface area contributed by atoms with Gasteiger partial charge in [-0.05, 0) is 25.5 Å². The van der Waals surface area contributed by atoms with Gasteiger partial charge in [0.15, 0.2) is 23.2 Å². The van der Waals surface area contributed by atoms with E-state index in [2.05, 4.69) is 20.4 Å². The maximum Gasteiger partial charge on any atom is 0.183 e. The third kappa shape index (κ3) is 4.85. The number of Topliss-reactive ketones (excluding diaryl/α,β-unsaturated/α-hetero) is 1. The molecule has 30 heavy (non-hydrogen) atoms. The van der Waals surface area contributed by atoms with Gasteiger partial charge in [0.25, 0.3) is 0 Å². The Morgan fingerprint density at radius 2 is 2.00 bits per heavy atom. The molecule has 0 aliphatic carbocycles. The van der Waals surface area contributed by atoms with Crippen molar-refractivity contribution >= 4 is 11.6 Å². The minimum atomic E-state index is -0.622. The van der Waals surface area contributed by atoms with E-state index in [-0.39, 0.29) is 35.4 Å². The van der Waals surface area contributed by atoms with Crippen molar-refractivity contribution in [3.8, 4) is 11.5 Å². The first kappa shape index (κ1) is 21.5. The first-order valence-electron chi connectivity index (χ1n) is 9.58. The van der Waals surface area contributed by atoms with Crippen LogP contribution in [0.25, 0.3) is 11.5 Å². The van der Waals surface area contributed by atoms with Gasteiger partial charge in [-0.2, -0.15) is 5.10 Å². The van der Waals surface area contributed by atoms with E-state index in [1.807, 2.05) is 13.8 Å². The molecular weight excluding hydrogens is 390 g/mol. The van der Waals surface area contributed by atoms with Gasteiger partial charge in [0.05, 0.1) is 12.7 Å². The van der Waals surface area contributed by atoms with E-state index in [0.29, 0.717) is 18.5 Å². The molecule has 0 saturated heterocycles. The zero-order valence-electron chi connectivity index (χ0n) is 17.1. The van der Waals surface area contributed by atoms with Crippen LogP contribution in [0.5, 0.6) is 0 Å². The lowest BCUT2D eigenvalue weighted by Gasteiger charge is -2.23. The Morgan fingerprint density at radius 3 is 2.67 bits per heavy atom. The lowest BCUT2D eigenvalue weighted by molar-refractivity contribution is 0.100. The van der Waals surface area contributed by atoms with Gasteiger partial charge in [0.1, 0.15) is 17.2 Å². The highest BCUT2D eigenvalue weighted by atomic mass is 19.1. The molecule has 0 bridgehead atoms. The molecule has 3 aromatic rings. The summed E-state index contributed by atoms with van der Waals surface area (Å²) in [6, 6.07) is 7.77. The van der Waals surface area contributed by atoms with E-state index in [1.165, 1.54) is 23.7 Å². The zero-order chi connectivity index (χ0) is 21.9. The Morgan fingerprint density at radius 1 is 1.27 bits per heavy atom. The summed E-state index contributed by atoms with van der Waals surface area (Å²) in [7, 11) is 0. The summed E-state index contributed by atoms with van der Waals surface area (Å²) < 4.78 is 29.6. The smallest absolute Gasteiger partial charge is 0.183 e. The summed E-state index contributed by atoms with van der Waals surface area (Å²) >= 11 is 0. The van der Waals surface area contributed by atoms with Gasteiger partial charge >= 0.3 is 0 Å². The zero-order valence-corrected chi connectivity index (χ0v) is 17.1. The molecule has 7 nitrogen and oxygen atoms in total. The molecule has 3 rings (SSSR count). The summed E-state index contributed by atoms with van der Waals surface area (Å²) in [5.41, 5.74) is 6.51. The van der Waals surface area contributed by atoms with Crippen molar-refractivity contribution < 1.29 is 13.6 Å². The number of nitrogens with two attached hydrogens (primary N) is 1. The number of rotatable bonds is 8. The second-order valence-corrected chi connectivity index (χ2v) is 7.47. The predicted octanol–water partition coefficient (Wildman–Crippen LogP) is 3.41. The lowest BCUT2D eigenvalue weighted by atomic mass is 10.0. The summed E-state index contributed by atoms with van der Waals surface area (Å²) in [5.74, 6) is -1.12. The van der Waals surface area contributed by atoms with Crippen molar-refractivity contribution in [3.05, 3.63) is 59.4 Å². The Balaban J connectivity index is 1.93. The summed E-state index contributed by atoms with van der Waals surface area (Å²) in [6.07, 6.45) is 1.73. The second-order valence-electron chi connectivity index (χ2n) is 7.47. The average Bonchev–Trinajstić information content (AvgIpc) is 3.13. The van der Waals surface area contributed by atoms with Gasteiger partial charge < -0.3 is 11.1 Å². The normalized spacial score (nSPS) is 13.1. The first-order valence-corrected chi connectivity index (χ1v) is 9.58. The minimum Gasteiger partial charge on any atom is -0.366 e. The molecule has 0 amide bonds. The average molecular weight is 414 g/mol. The fourth-order valence-electron chi connectivity index (χ4n) is 2.74. The van der Waals surface area contributed by atoms with Gasteiger partial charge in [0, 0.05) is 24.6 Å². The summed E-state index contributed by atoms with van der Waals surface area (Å²) in [6.45, 7) is 5.57. The summed E-state index contributed by atoms with van der Waals surface area (Å²) in [4.78, 5) is 20.3. The topological polar surface area (TPSA) is 98.7 Å². The molecule has 0 radical (unpaired) electrons. The molecule has 158 valence electrons. The fourth-order valence-corrected chi connectivity index (χ4v) is 2.74. The molecule has 0 aliphatic heterocycles. The molecule has 0 aliphatic rings. The molecular formula is C21H24F2N6O. The van der Waals surface area contributed by atoms with E-state index in [9.17, 15) is 13.6 Å². The van der Waals surface area contributed by atoms with Gasteiger partial charge in [0.2, 0.25) is 0 Å². The Kier molecular flexibility index (Phi) is 6.21. The number of anilines is 1. The van der Waals surface area contributed by atoms with Crippen molar-refractivity contribution in [2.24, 2.45) is 5.73 Å². The third-order valence-electron chi connectivity index (χ3n) is 4.86. The van der Waals surface area contributed by atoms with Crippen LogP contribution in [0.4, 0.5) is 14.6 Å². The van der Waals surface area contributed by atoms with Gasteiger partial charge in [-0.25, -0.2) is 18.7 Å². The number of nitrogens with zero attached hydrogens (tertiary/aromatic N) is 4. The quantitative estimate of drug-likeness (QED) is 0.548. The molecule has 1 aromatic carbocycles. The Bertz CT molecular complexity index is 1060. The largest absolute Gasteiger partial charge is 0.366 e. The monoisotopic (exact) mass is 414 g/mol. The lowest BCUT2D eigenvalue weighted by Crippen LogP contribution is -2.42. The maximum atomic E-state index is 14.2. The Labute approximate surface area is 173 Å². The number of ketones is 1. The van der Waals surface area contributed by atoms with E-state index < -0.39 is 17.2 Å². The maximum absolute atomic E-state index is 14.2. The van der Waals surface area contributed by atoms with Crippen molar-refractivity contribution in [3.63, 3.8) is 0 Å². The van der Waals surface area contributed by atoms with E-state index in [1.54, 1.807) is 18.2 Å². The molecule has 0 spiro atoms. The molecule has 1 unspecified atom stereocenters. The molecule has 1 atom stereocenters. The third-order valence-corrected chi connectivity index (χ3v) is 4.86. The molecule has 0 saturated carbocycles. The molecule has 9 heteroatoms. The summed E-state index contributed by atoms with van der Waals surface area (Å²) in [5, 5.41) is 7.27. The minimum absolute atomic E-state index is 0.00171. The number of halogens is 2. The van der Waals surface area contributed by atoms with E-state index in [4.69, 9.17) is 5.73 Å². The van der Waals surface area contributed by atoms with Crippen LogP contribution >= 0.6 is 0 Å². The van der Waals surface area contributed by atoms with Crippen LogP contribution in [0.3, 0.4) is 0 Å². The van der Waals surface area contributed by atoms with Crippen molar-refractivity contribution in [2.45, 2.75) is 39.3 Å². The van der Waals surface area contributed by atoms with Gasteiger partial charge in [-0.3, -0.25) is 9.48 Å². The van der Waals surface area contributed by atoms with Crippen molar-refractivity contribution in [1.82, 2.24) is 19.7 Å². The molecule has 3 N–H and O–H groups in total. The predicted molar refractivity (Wildman–Crippen MR) is 110 cm³/mol. The number of hydrogen-bond donors (Lipinski definition) is 2. The number of carbonyl (C=O) groups is 1.